The zero-order chi connectivity index (χ0) is 19.9. The molecule has 2 saturated heterocycles. The molecule has 4 heteroatoms. The van der Waals surface area contributed by atoms with Gasteiger partial charge in [-0.15, -0.1) is 0 Å². The minimum atomic E-state index is 0.167. The van der Waals surface area contributed by atoms with E-state index in [9.17, 15) is 4.79 Å². The van der Waals surface area contributed by atoms with Gasteiger partial charge in [0.05, 0.1) is 6.07 Å². The number of rotatable bonds is 0. The molecule has 1 aromatic carbocycles. The van der Waals surface area contributed by atoms with Crippen LogP contribution in [0.3, 0.4) is 0 Å². The maximum absolute atomic E-state index is 9.44. The minimum absolute atomic E-state index is 0.167. The lowest BCUT2D eigenvalue weighted by molar-refractivity contribution is -0.114. The Morgan fingerprint density at radius 2 is 1.15 bits per heavy atom. The van der Waals surface area contributed by atoms with E-state index in [-0.39, 0.29) is 5.78 Å². The van der Waals surface area contributed by atoms with Gasteiger partial charge < -0.3 is 14.3 Å². The molecule has 148 valence electrons. The summed E-state index contributed by atoms with van der Waals surface area (Å²) in [6.07, 6.45) is 7.86. The van der Waals surface area contributed by atoms with Gasteiger partial charge in [-0.3, -0.25) is 0 Å². The number of nitriles is 1. The molecule has 0 N–H and O–H groups in total. The van der Waals surface area contributed by atoms with Crippen LogP contribution in [0.2, 0.25) is 0 Å². The van der Waals surface area contributed by atoms with Crippen LogP contribution in [0.25, 0.3) is 0 Å². The van der Waals surface area contributed by atoms with Crippen LogP contribution in [0, 0.1) is 18.3 Å². The van der Waals surface area contributed by atoms with E-state index in [4.69, 9.17) is 14.7 Å². The quantitative estimate of drug-likeness (QED) is 0.611. The molecule has 2 aliphatic heterocycles. The smallest absolute Gasteiger partial charge is 0.126 e. The van der Waals surface area contributed by atoms with Crippen molar-refractivity contribution in [3.05, 3.63) is 35.9 Å². The van der Waals surface area contributed by atoms with Crippen molar-refractivity contribution in [2.45, 2.75) is 66.2 Å². The zero-order valence-corrected chi connectivity index (χ0v) is 17.1. The van der Waals surface area contributed by atoms with Crippen LogP contribution >= 0.6 is 0 Å². The summed E-state index contributed by atoms with van der Waals surface area (Å²) in [5.41, 5.74) is 1.32. The van der Waals surface area contributed by atoms with Gasteiger partial charge in [-0.05, 0) is 59.3 Å². The SMILES string of the molecule is C1CCOCC1.C1CCOCC1.CC#N.CC(C)=O.Cc1ccccc1. The summed E-state index contributed by atoms with van der Waals surface area (Å²) in [6.45, 7) is 10.6. The average Bonchev–Trinajstić information content (AvgIpc) is 2.66. The Kier molecular flexibility index (Phi) is 23.8. The third-order valence-corrected chi connectivity index (χ3v) is 3.10. The largest absolute Gasteiger partial charge is 0.381 e. The van der Waals surface area contributed by atoms with Crippen molar-refractivity contribution in [2.75, 3.05) is 26.4 Å². The fraction of sp³-hybridized carbons (Fsp3) is 0.636. The first kappa shape index (κ1) is 26.5. The summed E-state index contributed by atoms with van der Waals surface area (Å²) in [5.74, 6) is 0.167. The molecule has 0 spiro atoms. The van der Waals surface area contributed by atoms with Gasteiger partial charge in [0.15, 0.2) is 0 Å². The summed E-state index contributed by atoms with van der Waals surface area (Å²) in [6, 6.07) is 12.0. The number of ether oxygens (including phenoxy) is 2. The molecule has 0 atom stereocenters. The first-order valence-electron chi connectivity index (χ1n) is 9.49. The van der Waals surface area contributed by atoms with Crippen LogP contribution in [-0.2, 0) is 14.3 Å². The number of carbonyl (C=O) groups excluding carboxylic acids is 1. The monoisotopic (exact) mass is 363 g/mol. The summed E-state index contributed by atoms with van der Waals surface area (Å²) in [7, 11) is 0. The Bertz CT molecular complexity index is 393. The second-order valence-electron chi connectivity index (χ2n) is 6.13. The maximum atomic E-state index is 9.44. The lowest BCUT2D eigenvalue weighted by Gasteiger charge is -2.08. The molecule has 0 amide bonds. The summed E-state index contributed by atoms with van der Waals surface area (Å²) in [4.78, 5) is 9.44. The van der Waals surface area contributed by atoms with Crippen molar-refractivity contribution < 1.29 is 14.3 Å². The lowest BCUT2D eigenvalue weighted by atomic mass is 10.2. The molecule has 4 nitrogen and oxygen atoms in total. The molecular weight excluding hydrogens is 326 g/mol. The molecule has 26 heavy (non-hydrogen) atoms. The first-order chi connectivity index (χ1) is 12.5. The van der Waals surface area contributed by atoms with E-state index in [2.05, 4.69) is 19.1 Å². The fourth-order valence-corrected chi connectivity index (χ4v) is 1.91. The second kappa shape index (κ2) is 23.3. The normalized spacial score (nSPS) is 14.7. The number of nitrogens with zero attached hydrogens (tertiary/aromatic N) is 1. The zero-order valence-electron chi connectivity index (χ0n) is 17.1. The summed E-state index contributed by atoms with van der Waals surface area (Å²) in [5, 5.41) is 7.32. The maximum Gasteiger partial charge on any atom is 0.126 e. The van der Waals surface area contributed by atoms with E-state index >= 15 is 0 Å². The molecular formula is C22H37NO3. The Morgan fingerprint density at radius 1 is 0.846 bits per heavy atom. The molecule has 0 aromatic heterocycles. The Morgan fingerprint density at radius 3 is 1.27 bits per heavy atom. The number of ketones is 1. The highest BCUT2D eigenvalue weighted by atomic mass is 16.5. The van der Waals surface area contributed by atoms with E-state index in [0.717, 1.165) is 26.4 Å². The molecule has 0 unspecified atom stereocenters. The highest BCUT2D eigenvalue weighted by Crippen LogP contribution is 2.02. The second-order valence-corrected chi connectivity index (χ2v) is 6.13. The number of aryl methyl sites for hydroxylation is 1. The fourth-order valence-electron chi connectivity index (χ4n) is 1.91. The number of Topliss-reactive ketones (excluding diaryl/α,β-unsaturated/α-hetero) is 1. The molecule has 0 aliphatic carbocycles. The molecule has 2 fully saturated rings. The average molecular weight is 364 g/mol. The first-order valence-corrected chi connectivity index (χ1v) is 9.49. The van der Waals surface area contributed by atoms with E-state index in [1.165, 1.54) is 64.9 Å². The molecule has 2 aliphatic rings. The van der Waals surface area contributed by atoms with Gasteiger partial charge in [0.1, 0.15) is 5.78 Å². The van der Waals surface area contributed by atoms with Crippen LogP contribution in [0.4, 0.5) is 0 Å². The van der Waals surface area contributed by atoms with Gasteiger partial charge >= 0.3 is 0 Å². The topological polar surface area (TPSA) is 59.3 Å². The molecule has 0 saturated carbocycles. The van der Waals surface area contributed by atoms with Crippen LogP contribution in [-0.4, -0.2) is 32.2 Å². The number of hydrogen-bond acceptors (Lipinski definition) is 4. The number of benzene rings is 1. The van der Waals surface area contributed by atoms with Crippen molar-refractivity contribution >= 4 is 5.78 Å². The molecule has 0 bridgehead atoms. The predicted octanol–water partition coefficient (Wildman–Crippen LogP) is 5.49. The van der Waals surface area contributed by atoms with Crippen LogP contribution < -0.4 is 0 Å². The third kappa shape index (κ3) is 30.2. The third-order valence-electron chi connectivity index (χ3n) is 3.10. The van der Waals surface area contributed by atoms with Gasteiger partial charge in [-0.25, -0.2) is 0 Å². The molecule has 0 radical (unpaired) electrons. The predicted molar refractivity (Wildman–Crippen MR) is 108 cm³/mol. The Hall–Kier alpha value is -1.70. The molecule has 3 rings (SSSR count). The summed E-state index contributed by atoms with van der Waals surface area (Å²) >= 11 is 0. The van der Waals surface area contributed by atoms with Gasteiger partial charge in [0.25, 0.3) is 0 Å². The minimum Gasteiger partial charge on any atom is -0.381 e. The van der Waals surface area contributed by atoms with Gasteiger partial charge in [0, 0.05) is 33.4 Å². The van der Waals surface area contributed by atoms with E-state index < -0.39 is 0 Å². The lowest BCUT2D eigenvalue weighted by Crippen LogP contribution is -2.03. The van der Waals surface area contributed by atoms with E-state index in [1.807, 2.05) is 18.2 Å². The van der Waals surface area contributed by atoms with E-state index in [0.29, 0.717) is 0 Å². The van der Waals surface area contributed by atoms with Gasteiger partial charge in [-0.1, -0.05) is 35.9 Å². The number of hydrogen-bond donors (Lipinski definition) is 0. The highest BCUT2D eigenvalue weighted by molar-refractivity contribution is 5.72. The summed E-state index contributed by atoms with van der Waals surface area (Å²) < 4.78 is 10.1. The van der Waals surface area contributed by atoms with Crippen LogP contribution in [0.15, 0.2) is 30.3 Å². The standard InChI is InChI=1S/C7H8.2C5H10O.C3H6O.C2H3N/c1-7-5-3-2-4-6-7;2*1-2-4-6-5-3-1;1-3(2)4;1-2-3/h2-6H,1H3;2*1-5H2;1-2H3;1H3. The Labute approximate surface area is 160 Å². The van der Waals surface area contributed by atoms with Crippen molar-refractivity contribution in [1.29, 1.82) is 5.26 Å². The van der Waals surface area contributed by atoms with Crippen molar-refractivity contribution in [3.8, 4) is 6.07 Å². The van der Waals surface area contributed by atoms with Crippen molar-refractivity contribution in [1.82, 2.24) is 0 Å². The van der Waals surface area contributed by atoms with Crippen molar-refractivity contribution in [2.24, 2.45) is 0 Å². The van der Waals surface area contributed by atoms with Crippen LogP contribution in [0.5, 0.6) is 0 Å². The Balaban J connectivity index is 0. The van der Waals surface area contributed by atoms with Gasteiger partial charge in [-0.2, -0.15) is 5.26 Å². The van der Waals surface area contributed by atoms with Crippen LogP contribution in [0.1, 0.15) is 64.9 Å². The van der Waals surface area contributed by atoms with E-state index in [1.54, 1.807) is 6.07 Å². The number of carbonyl (C=O) groups is 1. The van der Waals surface area contributed by atoms with Gasteiger partial charge in [0.2, 0.25) is 0 Å². The molecule has 1 aromatic rings. The molecule has 2 heterocycles. The highest BCUT2D eigenvalue weighted by Gasteiger charge is 1.95. The van der Waals surface area contributed by atoms with Crippen molar-refractivity contribution in [3.63, 3.8) is 0 Å².